The highest BCUT2D eigenvalue weighted by Gasteiger charge is 2.50. The van der Waals surface area contributed by atoms with E-state index in [0.717, 1.165) is 38.1 Å². The first-order chi connectivity index (χ1) is 16.8. The average molecular weight is 476 g/mol. The minimum absolute atomic E-state index is 0.0316. The van der Waals surface area contributed by atoms with Gasteiger partial charge in [-0.15, -0.1) is 0 Å². The van der Waals surface area contributed by atoms with Crippen LogP contribution in [0.1, 0.15) is 141 Å². The Morgan fingerprint density at radius 1 is 0.647 bits per heavy atom. The van der Waals surface area contributed by atoms with Crippen LogP contribution in [0.4, 0.5) is 0 Å². The van der Waals surface area contributed by atoms with Gasteiger partial charge in [0.1, 0.15) is 0 Å². The van der Waals surface area contributed by atoms with Crippen LogP contribution in [0.5, 0.6) is 0 Å². The molecule has 2 heterocycles. The Bertz CT molecular complexity index is 526. The van der Waals surface area contributed by atoms with E-state index in [1.165, 1.54) is 148 Å². The molecular weight excluding hydrogens is 418 g/mol. The van der Waals surface area contributed by atoms with E-state index in [2.05, 4.69) is 5.32 Å². The lowest BCUT2D eigenvalue weighted by Gasteiger charge is -2.50. The van der Waals surface area contributed by atoms with E-state index < -0.39 is 0 Å². The van der Waals surface area contributed by atoms with Crippen LogP contribution in [-0.4, -0.2) is 38.5 Å². The van der Waals surface area contributed by atoms with Gasteiger partial charge >= 0.3 is 0 Å². The van der Waals surface area contributed by atoms with E-state index in [9.17, 15) is 0 Å². The maximum absolute atomic E-state index is 6.48. The summed E-state index contributed by atoms with van der Waals surface area (Å²) in [5, 5.41) is 4.01. The summed E-state index contributed by atoms with van der Waals surface area (Å²) in [6, 6.07) is 0. The molecule has 2 aliphatic heterocycles. The summed E-state index contributed by atoms with van der Waals surface area (Å²) in [5.41, 5.74) is 0.498. The predicted octanol–water partition coefficient (Wildman–Crippen LogP) is 8.20. The Balaban J connectivity index is 1.35. The fourth-order valence-electron chi connectivity index (χ4n) is 8.02. The maximum atomic E-state index is 6.48. The molecule has 34 heavy (non-hydrogen) atoms. The van der Waals surface area contributed by atoms with Gasteiger partial charge in [0.2, 0.25) is 0 Å². The molecule has 0 amide bonds. The van der Waals surface area contributed by atoms with Crippen LogP contribution in [0.15, 0.2) is 0 Å². The second-order valence-electron chi connectivity index (χ2n) is 12.7. The Morgan fingerprint density at radius 2 is 1.24 bits per heavy atom. The van der Waals surface area contributed by atoms with E-state index in [4.69, 9.17) is 9.47 Å². The van der Waals surface area contributed by atoms with Gasteiger partial charge < -0.3 is 14.8 Å². The number of hydrogen-bond acceptors (Lipinski definition) is 3. The predicted molar refractivity (Wildman–Crippen MR) is 143 cm³/mol. The van der Waals surface area contributed by atoms with Crippen molar-refractivity contribution < 1.29 is 9.47 Å². The minimum atomic E-state index is 0.0316. The summed E-state index contributed by atoms with van der Waals surface area (Å²) in [4.78, 5) is 0. The lowest BCUT2D eigenvalue weighted by atomic mass is 9.60. The van der Waals surface area contributed by atoms with E-state index in [1.807, 2.05) is 0 Å². The van der Waals surface area contributed by atoms with E-state index >= 15 is 0 Å². The highest BCUT2D eigenvalue weighted by Crippen LogP contribution is 2.52. The highest BCUT2D eigenvalue weighted by atomic mass is 16.6. The van der Waals surface area contributed by atoms with Crippen LogP contribution in [0, 0.1) is 17.3 Å². The zero-order valence-corrected chi connectivity index (χ0v) is 22.6. The third-order valence-corrected chi connectivity index (χ3v) is 10.2. The third kappa shape index (κ3) is 8.20. The maximum Gasteiger partial charge on any atom is 0.0942 e. The molecule has 0 aromatic heterocycles. The van der Waals surface area contributed by atoms with Gasteiger partial charge in [-0.1, -0.05) is 89.9 Å². The van der Waals surface area contributed by atoms with E-state index in [-0.39, 0.29) is 5.60 Å². The topological polar surface area (TPSA) is 30.5 Å². The lowest BCUT2D eigenvalue weighted by molar-refractivity contribution is -0.145. The van der Waals surface area contributed by atoms with Crippen molar-refractivity contribution in [3.63, 3.8) is 0 Å². The number of hydrogen-bond donors (Lipinski definition) is 1. The van der Waals surface area contributed by atoms with Crippen LogP contribution in [-0.2, 0) is 9.47 Å². The Morgan fingerprint density at radius 3 is 1.82 bits per heavy atom. The molecule has 2 atom stereocenters. The SMILES string of the molecule is C1CCCCC(CNCCC2(C3CCCCCCCCC3)CCOC3(CCOC3)C2)CCCC1. The number of ether oxygens (including phenoxy) is 2. The first-order valence-electron chi connectivity index (χ1n) is 15.7. The van der Waals surface area contributed by atoms with Gasteiger partial charge in [-0.05, 0) is 75.3 Å². The monoisotopic (exact) mass is 475 g/mol. The van der Waals surface area contributed by atoms with Crippen LogP contribution >= 0.6 is 0 Å². The second kappa shape index (κ2) is 14.6. The second-order valence-corrected chi connectivity index (χ2v) is 12.7. The molecule has 0 aromatic carbocycles. The molecule has 2 saturated heterocycles. The summed E-state index contributed by atoms with van der Waals surface area (Å²) >= 11 is 0. The first kappa shape index (κ1) is 26.9. The molecule has 4 rings (SSSR count). The Hall–Kier alpha value is -0.120. The van der Waals surface area contributed by atoms with Gasteiger partial charge in [-0.2, -0.15) is 0 Å². The quantitative estimate of drug-likeness (QED) is 0.393. The minimum Gasteiger partial charge on any atom is -0.378 e. The van der Waals surface area contributed by atoms with Gasteiger partial charge in [0, 0.05) is 19.6 Å². The van der Waals surface area contributed by atoms with Crippen molar-refractivity contribution >= 4 is 0 Å². The number of nitrogens with one attached hydrogen (secondary N) is 1. The molecule has 2 saturated carbocycles. The van der Waals surface area contributed by atoms with Crippen LogP contribution in [0.3, 0.4) is 0 Å². The number of rotatable bonds is 6. The Kier molecular flexibility index (Phi) is 11.5. The smallest absolute Gasteiger partial charge is 0.0942 e. The van der Waals surface area contributed by atoms with Crippen molar-refractivity contribution in [2.24, 2.45) is 17.3 Å². The third-order valence-electron chi connectivity index (χ3n) is 10.2. The standard InChI is InChI=1S/C31H57NO2/c1-3-7-11-15-28(16-12-8-4-1)25-32-22-19-30(20-24-34-31(26-30)21-23-33-27-31)29-17-13-9-5-2-6-10-14-18-29/h28-29,32H,1-27H2. The summed E-state index contributed by atoms with van der Waals surface area (Å²) < 4.78 is 12.4. The molecule has 3 nitrogen and oxygen atoms in total. The van der Waals surface area contributed by atoms with Gasteiger partial charge in [0.15, 0.2) is 0 Å². The summed E-state index contributed by atoms with van der Waals surface area (Å²) in [6.07, 6.45) is 31.3. The van der Waals surface area contributed by atoms with Crippen molar-refractivity contribution in [3.05, 3.63) is 0 Å². The van der Waals surface area contributed by atoms with Crippen LogP contribution in [0.25, 0.3) is 0 Å². The molecule has 1 N–H and O–H groups in total. The lowest BCUT2D eigenvalue weighted by Crippen LogP contribution is -2.50. The van der Waals surface area contributed by atoms with Crippen molar-refractivity contribution in [1.82, 2.24) is 5.32 Å². The molecule has 3 heteroatoms. The molecule has 198 valence electrons. The Labute approximate surface area is 211 Å². The van der Waals surface area contributed by atoms with Crippen molar-refractivity contribution in [2.75, 3.05) is 32.9 Å². The molecule has 4 fully saturated rings. The largest absolute Gasteiger partial charge is 0.378 e. The molecule has 4 aliphatic rings. The first-order valence-corrected chi connectivity index (χ1v) is 15.7. The molecule has 2 aliphatic carbocycles. The van der Waals surface area contributed by atoms with Gasteiger partial charge in [0.25, 0.3) is 0 Å². The average Bonchev–Trinajstić information content (AvgIpc) is 3.31. The zero-order valence-electron chi connectivity index (χ0n) is 22.6. The molecule has 1 spiro atoms. The van der Waals surface area contributed by atoms with Crippen LogP contribution in [0.2, 0.25) is 0 Å². The zero-order chi connectivity index (χ0) is 23.4. The summed E-state index contributed by atoms with van der Waals surface area (Å²) in [7, 11) is 0. The summed E-state index contributed by atoms with van der Waals surface area (Å²) in [5.74, 6) is 1.80. The normalized spacial score (nSPS) is 34.2. The molecular formula is C31H57NO2. The van der Waals surface area contributed by atoms with Gasteiger partial charge in [-0.3, -0.25) is 0 Å². The van der Waals surface area contributed by atoms with Gasteiger partial charge in [0.05, 0.1) is 12.2 Å². The van der Waals surface area contributed by atoms with E-state index in [0.29, 0.717) is 5.41 Å². The fourth-order valence-corrected chi connectivity index (χ4v) is 8.02. The highest BCUT2D eigenvalue weighted by molar-refractivity contribution is 5.00. The molecule has 0 aromatic rings. The fraction of sp³-hybridized carbons (Fsp3) is 1.00. The molecule has 0 bridgehead atoms. The van der Waals surface area contributed by atoms with E-state index in [1.54, 1.807) is 0 Å². The van der Waals surface area contributed by atoms with Crippen molar-refractivity contribution in [3.8, 4) is 0 Å². The summed E-state index contributed by atoms with van der Waals surface area (Å²) in [6.45, 7) is 5.18. The van der Waals surface area contributed by atoms with Gasteiger partial charge in [-0.25, -0.2) is 0 Å². The van der Waals surface area contributed by atoms with Crippen LogP contribution < -0.4 is 5.32 Å². The molecule has 2 unspecified atom stereocenters. The van der Waals surface area contributed by atoms with Crippen molar-refractivity contribution in [1.29, 1.82) is 0 Å². The molecule has 0 radical (unpaired) electrons. The van der Waals surface area contributed by atoms with Crippen molar-refractivity contribution in [2.45, 2.75) is 147 Å².